The van der Waals surface area contributed by atoms with Crippen LogP contribution in [0, 0.1) is 11.8 Å². The highest BCUT2D eigenvalue weighted by atomic mass is 16.5. The summed E-state index contributed by atoms with van der Waals surface area (Å²) < 4.78 is 5.60. The van der Waals surface area contributed by atoms with Gasteiger partial charge in [-0.25, -0.2) is 4.79 Å². The fourth-order valence-corrected chi connectivity index (χ4v) is 3.35. The van der Waals surface area contributed by atoms with E-state index in [-0.39, 0.29) is 12.1 Å². The summed E-state index contributed by atoms with van der Waals surface area (Å²) in [4.78, 5) is 12.0. The number of carbonyl (C=O) groups excluding carboxylic acids is 1. The Morgan fingerprint density at radius 3 is 2.61 bits per heavy atom. The maximum Gasteiger partial charge on any atom is 0.327 e. The second kappa shape index (κ2) is 4.73. The number of fused-ring (bicyclic) bond motifs is 2. The van der Waals surface area contributed by atoms with E-state index in [1.165, 1.54) is 19.3 Å². The molecule has 3 rings (SSSR count). The van der Waals surface area contributed by atoms with Crippen LogP contribution in [0.4, 0.5) is 0 Å². The largest absolute Gasteiger partial charge is 0.461 e. The van der Waals surface area contributed by atoms with Crippen LogP contribution < -0.4 is 5.73 Å². The summed E-state index contributed by atoms with van der Waals surface area (Å²) in [6.45, 7) is 0. The Balaban J connectivity index is 1.62. The first-order valence-corrected chi connectivity index (χ1v) is 6.75. The first-order chi connectivity index (χ1) is 8.74. The van der Waals surface area contributed by atoms with E-state index in [9.17, 15) is 4.79 Å². The van der Waals surface area contributed by atoms with Gasteiger partial charge in [0.1, 0.15) is 12.1 Å². The highest BCUT2D eigenvalue weighted by molar-refractivity contribution is 5.77. The second-order valence-corrected chi connectivity index (χ2v) is 5.54. The minimum atomic E-state index is -0.648. The third-order valence-corrected chi connectivity index (χ3v) is 4.35. The van der Waals surface area contributed by atoms with Crippen molar-refractivity contribution in [2.75, 3.05) is 0 Å². The van der Waals surface area contributed by atoms with Gasteiger partial charge in [-0.05, 0) is 43.1 Å². The third kappa shape index (κ3) is 2.15. The van der Waals surface area contributed by atoms with E-state index in [0.717, 1.165) is 17.9 Å². The van der Waals surface area contributed by atoms with Crippen molar-refractivity contribution in [3.8, 4) is 0 Å². The molecule has 2 aliphatic rings. The Kier molecular flexibility index (Phi) is 3.08. The lowest BCUT2D eigenvalue weighted by molar-refractivity contribution is -0.153. The van der Waals surface area contributed by atoms with Gasteiger partial charge in [0.2, 0.25) is 0 Å². The molecule has 2 fully saturated rings. The number of hydrogen-bond donors (Lipinski definition) is 1. The Hall–Kier alpha value is -1.35. The molecule has 3 heteroatoms. The summed E-state index contributed by atoms with van der Waals surface area (Å²) >= 11 is 0. The molecule has 0 heterocycles. The summed E-state index contributed by atoms with van der Waals surface area (Å²) in [7, 11) is 0. The third-order valence-electron chi connectivity index (χ3n) is 4.35. The van der Waals surface area contributed by atoms with Gasteiger partial charge >= 0.3 is 5.97 Å². The van der Waals surface area contributed by atoms with Crippen LogP contribution in [0.25, 0.3) is 0 Å². The van der Waals surface area contributed by atoms with E-state index >= 15 is 0 Å². The molecule has 0 aromatic heterocycles. The van der Waals surface area contributed by atoms with Crippen molar-refractivity contribution in [2.24, 2.45) is 17.6 Å². The lowest BCUT2D eigenvalue weighted by Gasteiger charge is -2.23. The van der Waals surface area contributed by atoms with Crippen molar-refractivity contribution >= 4 is 5.97 Å². The summed E-state index contributed by atoms with van der Waals surface area (Å²) in [6.07, 6.45) is 4.91. The maximum atomic E-state index is 12.0. The first-order valence-electron chi connectivity index (χ1n) is 6.75. The Morgan fingerprint density at radius 1 is 1.22 bits per heavy atom. The molecule has 4 unspecified atom stereocenters. The zero-order valence-corrected chi connectivity index (χ0v) is 10.4. The molecule has 18 heavy (non-hydrogen) atoms. The van der Waals surface area contributed by atoms with Crippen LogP contribution in [0.15, 0.2) is 30.3 Å². The van der Waals surface area contributed by atoms with Crippen molar-refractivity contribution in [3.63, 3.8) is 0 Å². The smallest absolute Gasteiger partial charge is 0.327 e. The molecule has 2 aliphatic carbocycles. The minimum Gasteiger partial charge on any atom is -0.461 e. The first kappa shape index (κ1) is 11.7. The number of benzene rings is 1. The van der Waals surface area contributed by atoms with Crippen LogP contribution >= 0.6 is 0 Å². The molecule has 3 nitrogen and oxygen atoms in total. The zero-order chi connectivity index (χ0) is 12.5. The SMILES string of the molecule is NC(C(=O)OC1CC2CCC1C2)c1ccccc1. The van der Waals surface area contributed by atoms with Gasteiger partial charge in [0.25, 0.3) is 0 Å². The highest BCUT2D eigenvalue weighted by Gasteiger charge is 2.42. The fraction of sp³-hybridized carbons (Fsp3) is 0.533. The van der Waals surface area contributed by atoms with Crippen molar-refractivity contribution in [1.29, 1.82) is 0 Å². The van der Waals surface area contributed by atoms with Crippen molar-refractivity contribution in [2.45, 2.75) is 37.8 Å². The molecule has 0 aliphatic heterocycles. The normalized spacial score (nSPS) is 31.3. The number of rotatable bonds is 3. The molecule has 0 saturated heterocycles. The Bertz CT molecular complexity index is 431. The Labute approximate surface area is 107 Å². The van der Waals surface area contributed by atoms with Gasteiger partial charge < -0.3 is 10.5 Å². The Morgan fingerprint density at radius 2 is 2.00 bits per heavy atom. The van der Waals surface area contributed by atoms with Crippen LogP contribution in [-0.2, 0) is 9.53 Å². The lowest BCUT2D eigenvalue weighted by atomic mass is 9.97. The number of esters is 1. The molecule has 1 aromatic rings. The molecule has 2 saturated carbocycles. The predicted molar refractivity (Wildman–Crippen MR) is 68.7 cm³/mol. The summed E-state index contributed by atoms with van der Waals surface area (Å²) in [5, 5.41) is 0. The monoisotopic (exact) mass is 245 g/mol. The number of carbonyl (C=O) groups is 1. The van der Waals surface area contributed by atoms with E-state index in [2.05, 4.69) is 0 Å². The molecule has 2 bridgehead atoms. The number of ether oxygens (including phenoxy) is 1. The molecule has 96 valence electrons. The molecule has 1 aromatic carbocycles. The van der Waals surface area contributed by atoms with Crippen molar-refractivity contribution in [1.82, 2.24) is 0 Å². The average molecular weight is 245 g/mol. The summed E-state index contributed by atoms with van der Waals surface area (Å²) in [5.74, 6) is 1.08. The molecule has 0 radical (unpaired) electrons. The molecular formula is C15H19NO2. The number of nitrogens with two attached hydrogens (primary N) is 1. The molecule has 0 amide bonds. The molecule has 4 atom stereocenters. The van der Waals surface area contributed by atoms with E-state index in [0.29, 0.717) is 5.92 Å². The van der Waals surface area contributed by atoms with E-state index in [4.69, 9.17) is 10.5 Å². The standard InChI is InChI=1S/C15H19NO2/c16-14(11-4-2-1-3-5-11)15(17)18-13-9-10-6-7-12(13)8-10/h1-5,10,12-14H,6-9,16H2. The lowest BCUT2D eigenvalue weighted by Crippen LogP contribution is -2.30. The van der Waals surface area contributed by atoms with Crippen molar-refractivity contribution in [3.05, 3.63) is 35.9 Å². The number of hydrogen-bond acceptors (Lipinski definition) is 3. The van der Waals surface area contributed by atoms with Gasteiger partial charge in [0.15, 0.2) is 0 Å². The van der Waals surface area contributed by atoms with Crippen LogP contribution in [0.5, 0.6) is 0 Å². The molecular weight excluding hydrogens is 226 g/mol. The van der Waals surface area contributed by atoms with Crippen LogP contribution in [-0.4, -0.2) is 12.1 Å². The van der Waals surface area contributed by atoms with Crippen LogP contribution in [0.1, 0.15) is 37.3 Å². The molecule has 0 spiro atoms. The van der Waals surface area contributed by atoms with Crippen LogP contribution in [0.3, 0.4) is 0 Å². The summed E-state index contributed by atoms with van der Waals surface area (Å²) in [5.41, 5.74) is 6.76. The molecule has 2 N–H and O–H groups in total. The quantitative estimate of drug-likeness (QED) is 0.832. The van der Waals surface area contributed by atoms with Gasteiger partial charge in [0, 0.05) is 0 Å². The minimum absolute atomic E-state index is 0.117. The van der Waals surface area contributed by atoms with Crippen LogP contribution in [0.2, 0.25) is 0 Å². The van der Waals surface area contributed by atoms with Gasteiger partial charge in [-0.15, -0.1) is 0 Å². The summed E-state index contributed by atoms with van der Waals surface area (Å²) in [6, 6.07) is 8.78. The topological polar surface area (TPSA) is 52.3 Å². The highest BCUT2D eigenvalue weighted by Crippen LogP contribution is 2.46. The van der Waals surface area contributed by atoms with Crippen molar-refractivity contribution < 1.29 is 9.53 Å². The fourth-order valence-electron chi connectivity index (χ4n) is 3.35. The van der Waals surface area contributed by atoms with E-state index < -0.39 is 6.04 Å². The van der Waals surface area contributed by atoms with E-state index in [1.54, 1.807) is 0 Å². The predicted octanol–water partition coefficient (Wildman–Crippen LogP) is 2.42. The zero-order valence-electron chi connectivity index (χ0n) is 10.4. The second-order valence-electron chi connectivity index (χ2n) is 5.54. The van der Waals surface area contributed by atoms with Gasteiger partial charge in [-0.3, -0.25) is 0 Å². The maximum absolute atomic E-state index is 12.0. The van der Waals surface area contributed by atoms with Gasteiger partial charge in [0.05, 0.1) is 0 Å². The van der Waals surface area contributed by atoms with E-state index in [1.807, 2.05) is 30.3 Å². The van der Waals surface area contributed by atoms with Gasteiger partial charge in [-0.1, -0.05) is 30.3 Å². The van der Waals surface area contributed by atoms with Gasteiger partial charge in [-0.2, -0.15) is 0 Å². The average Bonchev–Trinajstić information content (AvgIpc) is 3.01.